The van der Waals surface area contributed by atoms with E-state index in [0.717, 1.165) is 12.1 Å². The zero-order chi connectivity index (χ0) is 24.9. The summed E-state index contributed by atoms with van der Waals surface area (Å²) in [4.78, 5) is 29.6. The highest BCUT2D eigenvalue weighted by Gasteiger charge is 2.32. The van der Waals surface area contributed by atoms with Crippen molar-refractivity contribution in [3.63, 3.8) is 0 Å². The fourth-order valence-electron chi connectivity index (χ4n) is 4.29. The van der Waals surface area contributed by atoms with Crippen LogP contribution in [0.3, 0.4) is 0 Å². The second-order valence-corrected chi connectivity index (χ2v) is 9.39. The van der Waals surface area contributed by atoms with Gasteiger partial charge in [-0.25, -0.2) is 4.39 Å². The minimum atomic E-state index is -0.242. The summed E-state index contributed by atoms with van der Waals surface area (Å²) in [6, 6.07) is 20.3. The van der Waals surface area contributed by atoms with Crippen molar-refractivity contribution >= 4 is 23.3 Å². The lowest BCUT2D eigenvalue weighted by molar-refractivity contribution is -0.139. The van der Waals surface area contributed by atoms with Crippen LogP contribution < -0.4 is 4.74 Å². The maximum atomic E-state index is 13.2. The number of ketones is 1. The predicted molar refractivity (Wildman–Crippen MR) is 134 cm³/mol. The molecular formula is C28H28ClFN2O3. The van der Waals surface area contributed by atoms with Crippen LogP contribution in [0.2, 0.25) is 5.02 Å². The Morgan fingerprint density at radius 3 is 2.11 bits per heavy atom. The number of carbonyl (C=O) groups excluding carboxylic acids is 2. The summed E-state index contributed by atoms with van der Waals surface area (Å²) in [6.45, 7) is 6.08. The van der Waals surface area contributed by atoms with Crippen LogP contribution >= 0.6 is 11.6 Å². The van der Waals surface area contributed by atoms with Crippen LogP contribution in [0.5, 0.6) is 5.75 Å². The lowest BCUT2D eigenvalue weighted by atomic mass is 10.0. The summed E-state index contributed by atoms with van der Waals surface area (Å²) in [5.41, 5.74) is 2.14. The Bertz CT molecular complexity index is 1170. The summed E-state index contributed by atoms with van der Waals surface area (Å²) >= 11 is 5.89. The van der Waals surface area contributed by atoms with Gasteiger partial charge in [-0.05, 0) is 80.1 Å². The molecule has 1 aliphatic heterocycles. The van der Waals surface area contributed by atoms with Gasteiger partial charge in [0.2, 0.25) is 0 Å². The summed E-state index contributed by atoms with van der Waals surface area (Å²) in [5.74, 6) is 0.104. The molecule has 7 heteroatoms. The van der Waals surface area contributed by atoms with E-state index in [0.29, 0.717) is 35.0 Å². The Morgan fingerprint density at radius 2 is 1.49 bits per heavy atom. The number of halogens is 2. The Balaban J connectivity index is 1.30. The molecule has 5 nitrogen and oxygen atoms in total. The van der Waals surface area contributed by atoms with E-state index >= 15 is 0 Å². The highest BCUT2D eigenvalue weighted by Crippen LogP contribution is 2.20. The van der Waals surface area contributed by atoms with Crippen LogP contribution in [-0.4, -0.2) is 53.3 Å². The molecule has 1 amide bonds. The Morgan fingerprint density at radius 1 is 0.886 bits per heavy atom. The van der Waals surface area contributed by atoms with E-state index in [1.165, 1.54) is 12.1 Å². The first-order chi connectivity index (χ1) is 16.8. The summed E-state index contributed by atoms with van der Waals surface area (Å²) < 4.78 is 18.9. The molecule has 0 saturated carbocycles. The Hall–Kier alpha value is -3.22. The second-order valence-electron chi connectivity index (χ2n) is 8.95. The minimum absolute atomic E-state index is 0.0297. The monoisotopic (exact) mass is 494 g/mol. The van der Waals surface area contributed by atoms with Gasteiger partial charge in [0.1, 0.15) is 11.6 Å². The number of rotatable bonds is 7. The molecule has 1 fully saturated rings. The standard InChI is InChI=1S/C28H28ClFN2O3/c1-19-16-32(20(2)15-31(19)17-21-3-11-25(30)12-4-21)27(33)18-35-26-13-7-23(8-14-26)28(34)22-5-9-24(29)10-6-22/h3-14,19-20H,15-18H2,1-2H3. The topological polar surface area (TPSA) is 49.9 Å². The molecule has 3 aromatic rings. The number of ether oxygens (including phenoxy) is 1. The molecule has 0 bridgehead atoms. The molecule has 0 radical (unpaired) electrons. The van der Waals surface area contributed by atoms with Crippen LogP contribution in [-0.2, 0) is 11.3 Å². The van der Waals surface area contributed by atoms with Crippen LogP contribution in [0.1, 0.15) is 35.3 Å². The van der Waals surface area contributed by atoms with Crippen LogP contribution in [0.25, 0.3) is 0 Å². The van der Waals surface area contributed by atoms with Crippen LogP contribution in [0.15, 0.2) is 72.8 Å². The van der Waals surface area contributed by atoms with Gasteiger partial charge in [0, 0.05) is 47.9 Å². The lowest BCUT2D eigenvalue weighted by Crippen LogP contribution is -2.58. The van der Waals surface area contributed by atoms with Crippen molar-refractivity contribution in [2.75, 3.05) is 19.7 Å². The molecule has 35 heavy (non-hydrogen) atoms. The number of hydrogen-bond acceptors (Lipinski definition) is 4. The highest BCUT2D eigenvalue weighted by molar-refractivity contribution is 6.30. The number of nitrogens with zero attached hydrogens (tertiary/aromatic N) is 2. The molecule has 182 valence electrons. The minimum Gasteiger partial charge on any atom is -0.484 e. The van der Waals surface area contributed by atoms with Crippen molar-refractivity contribution < 1.29 is 18.7 Å². The quantitative estimate of drug-likeness (QED) is 0.423. The second kappa shape index (κ2) is 11.0. The number of amides is 1. The normalized spacial score (nSPS) is 18.3. The largest absolute Gasteiger partial charge is 0.484 e. The van der Waals surface area contributed by atoms with Crippen LogP contribution in [0.4, 0.5) is 4.39 Å². The molecule has 4 rings (SSSR count). The maximum absolute atomic E-state index is 13.2. The molecule has 1 heterocycles. The highest BCUT2D eigenvalue weighted by atomic mass is 35.5. The third-order valence-corrected chi connectivity index (χ3v) is 6.57. The molecule has 2 atom stereocenters. The van der Waals surface area contributed by atoms with E-state index in [9.17, 15) is 14.0 Å². The zero-order valence-corrected chi connectivity index (χ0v) is 20.5. The van der Waals surface area contributed by atoms with E-state index in [2.05, 4.69) is 11.8 Å². The third kappa shape index (κ3) is 6.27. The van der Waals surface area contributed by atoms with Gasteiger partial charge in [0.05, 0.1) is 0 Å². The summed E-state index contributed by atoms with van der Waals surface area (Å²) in [6.07, 6.45) is 0. The summed E-state index contributed by atoms with van der Waals surface area (Å²) in [5, 5.41) is 0.577. The molecular weight excluding hydrogens is 467 g/mol. The SMILES string of the molecule is CC1CN(C(=O)COc2ccc(C(=O)c3ccc(Cl)cc3)cc2)C(C)CN1Cc1ccc(F)cc1. The zero-order valence-electron chi connectivity index (χ0n) is 19.8. The molecule has 2 unspecified atom stereocenters. The number of benzene rings is 3. The van der Waals surface area contributed by atoms with Crippen LogP contribution in [0, 0.1) is 5.82 Å². The average Bonchev–Trinajstić information content (AvgIpc) is 2.86. The fraction of sp³-hybridized carbons (Fsp3) is 0.286. The smallest absolute Gasteiger partial charge is 0.260 e. The van der Waals surface area contributed by atoms with E-state index in [1.54, 1.807) is 60.7 Å². The molecule has 0 aromatic heterocycles. The number of carbonyl (C=O) groups is 2. The van der Waals surface area contributed by atoms with Crippen molar-refractivity contribution in [2.45, 2.75) is 32.5 Å². The lowest BCUT2D eigenvalue weighted by Gasteiger charge is -2.44. The first-order valence-corrected chi connectivity index (χ1v) is 12.0. The van der Waals surface area contributed by atoms with Gasteiger partial charge in [-0.3, -0.25) is 14.5 Å². The molecule has 0 aliphatic carbocycles. The third-order valence-electron chi connectivity index (χ3n) is 6.32. The molecule has 1 aliphatic rings. The van der Waals surface area contributed by atoms with Crippen molar-refractivity contribution in [1.29, 1.82) is 0 Å². The van der Waals surface area contributed by atoms with E-state index in [4.69, 9.17) is 16.3 Å². The first-order valence-electron chi connectivity index (χ1n) is 11.6. The van der Waals surface area contributed by atoms with Gasteiger partial charge in [0.15, 0.2) is 12.4 Å². The van der Waals surface area contributed by atoms with E-state index < -0.39 is 0 Å². The maximum Gasteiger partial charge on any atom is 0.260 e. The Labute approximate surface area is 210 Å². The molecule has 3 aromatic carbocycles. The van der Waals surface area contributed by atoms with Gasteiger partial charge < -0.3 is 9.64 Å². The van der Waals surface area contributed by atoms with E-state index in [-0.39, 0.29) is 36.2 Å². The van der Waals surface area contributed by atoms with Crippen molar-refractivity contribution in [1.82, 2.24) is 9.80 Å². The van der Waals surface area contributed by atoms with Gasteiger partial charge in [0.25, 0.3) is 5.91 Å². The molecule has 1 saturated heterocycles. The number of hydrogen-bond donors (Lipinski definition) is 0. The van der Waals surface area contributed by atoms with Gasteiger partial charge >= 0.3 is 0 Å². The molecule has 0 N–H and O–H groups in total. The van der Waals surface area contributed by atoms with Crippen molar-refractivity contribution in [3.8, 4) is 5.75 Å². The average molecular weight is 495 g/mol. The van der Waals surface area contributed by atoms with E-state index in [1.807, 2.05) is 11.8 Å². The van der Waals surface area contributed by atoms with Crippen molar-refractivity contribution in [2.24, 2.45) is 0 Å². The predicted octanol–water partition coefficient (Wildman–Crippen LogP) is 5.21. The number of piperazine rings is 1. The fourth-order valence-corrected chi connectivity index (χ4v) is 4.41. The molecule has 0 spiro atoms. The van der Waals surface area contributed by atoms with Gasteiger partial charge in [-0.1, -0.05) is 23.7 Å². The van der Waals surface area contributed by atoms with Crippen molar-refractivity contribution in [3.05, 3.63) is 100 Å². The Kier molecular flexibility index (Phi) is 7.83. The van der Waals surface area contributed by atoms with Gasteiger partial charge in [-0.15, -0.1) is 0 Å². The van der Waals surface area contributed by atoms with Gasteiger partial charge in [-0.2, -0.15) is 0 Å². The summed E-state index contributed by atoms with van der Waals surface area (Å²) in [7, 11) is 0. The first kappa shape index (κ1) is 24.9.